The Kier molecular flexibility index (Phi) is 6.75. The first-order chi connectivity index (χ1) is 13.9. The van der Waals surface area contributed by atoms with Gasteiger partial charge < -0.3 is 14.3 Å². The standard InChI is InChI=1S/C23H29N3O2S/c1-6-17(4)26(22(27)20-13-10-14-29-20)15-19-21(18-11-8-7-9-12-18)24-28-23(19)25(5)16(2)3/h7-14,16-17H,6,15H2,1-5H3/t17-/m0/s1. The van der Waals surface area contributed by atoms with Crippen LogP contribution in [0.3, 0.4) is 0 Å². The molecular formula is C23H29N3O2S. The average molecular weight is 412 g/mol. The summed E-state index contributed by atoms with van der Waals surface area (Å²) in [5.41, 5.74) is 2.72. The summed E-state index contributed by atoms with van der Waals surface area (Å²) < 4.78 is 5.80. The molecule has 0 unspecified atom stereocenters. The molecule has 0 N–H and O–H groups in total. The fourth-order valence-electron chi connectivity index (χ4n) is 3.14. The van der Waals surface area contributed by atoms with E-state index in [0.717, 1.165) is 28.1 Å². The van der Waals surface area contributed by atoms with Gasteiger partial charge in [0.1, 0.15) is 5.69 Å². The third-order valence-electron chi connectivity index (χ3n) is 5.35. The molecular weight excluding hydrogens is 382 g/mol. The minimum atomic E-state index is 0.0488. The largest absolute Gasteiger partial charge is 0.341 e. The van der Waals surface area contributed by atoms with Crippen LogP contribution < -0.4 is 4.90 Å². The molecule has 3 aromatic rings. The normalized spacial score (nSPS) is 12.2. The predicted molar refractivity (Wildman–Crippen MR) is 119 cm³/mol. The van der Waals surface area contributed by atoms with E-state index in [1.165, 1.54) is 11.3 Å². The van der Waals surface area contributed by atoms with Gasteiger partial charge in [-0.15, -0.1) is 11.3 Å². The second-order valence-corrected chi connectivity index (χ2v) is 8.50. The monoisotopic (exact) mass is 411 g/mol. The molecule has 1 amide bonds. The highest BCUT2D eigenvalue weighted by atomic mass is 32.1. The van der Waals surface area contributed by atoms with Gasteiger partial charge in [0.05, 0.1) is 17.0 Å². The van der Waals surface area contributed by atoms with Gasteiger partial charge in [-0.3, -0.25) is 4.79 Å². The van der Waals surface area contributed by atoms with Crippen molar-refractivity contribution in [2.45, 2.75) is 52.7 Å². The number of nitrogens with zero attached hydrogens (tertiary/aromatic N) is 3. The molecule has 2 aromatic heterocycles. The van der Waals surface area contributed by atoms with Crippen molar-refractivity contribution in [3.8, 4) is 11.3 Å². The molecule has 0 aliphatic carbocycles. The minimum Gasteiger partial charge on any atom is -0.341 e. The van der Waals surface area contributed by atoms with Crippen LogP contribution in [0.25, 0.3) is 11.3 Å². The van der Waals surface area contributed by atoms with Gasteiger partial charge in [-0.05, 0) is 38.6 Å². The molecule has 5 nitrogen and oxygen atoms in total. The smallest absolute Gasteiger partial charge is 0.264 e. The number of thiophene rings is 1. The lowest BCUT2D eigenvalue weighted by atomic mass is 10.1. The second-order valence-electron chi connectivity index (χ2n) is 7.55. The predicted octanol–water partition coefficient (Wildman–Crippen LogP) is 5.69. The number of carbonyl (C=O) groups is 1. The lowest BCUT2D eigenvalue weighted by molar-refractivity contribution is 0.0677. The topological polar surface area (TPSA) is 49.6 Å². The molecule has 0 aliphatic heterocycles. The average Bonchev–Trinajstić information content (AvgIpc) is 3.41. The molecule has 1 atom stereocenters. The lowest BCUT2D eigenvalue weighted by Gasteiger charge is -2.29. The van der Waals surface area contributed by atoms with Crippen LogP contribution in [0.2, 0.25) is 0 Å². The maximum Gasteiger partial charge on any atom is 0.264 e. The van der Waals surface area contributed by atoms with E-state index in [1.54, 1.807) is 0 Å². The van der Waals surface area contributed by atoms with Gasteiger partial charge >= 0.3 is 0 Å². The van der Waals surface area contributed by atoms with Crippen LogP contribution in [-0.4, -0.2) is 35.1 Å². The van der Waals surface area contributed by atoms with Crippen LogP contribution in [0.15, 0.2) is 52.4 Å². The Labute approximate surface area is 176 Å². The molecule has 0 spiro atoms. The van der Waals surface area contributed by atoms with Crippen molar-refractivity contribution in [1.82, 2.24) is 10.1 Å². The highest BCUT2D eigenvalue weighted by molar-refractivity contribution is 7.12. The van der Waals surface area contributed by atoms with Crippen molar-refractivity contribution in [2.75, 3.05) is 11.9 Å². The molecule has 0 saturated heterocycles. The van der Waals surface area contributed by atoms with Crippen LogP contribution in [0.4, 0.5) is 5.88 Å². The van der Waals surface area contributed by atoms with Crippen LogP contribution in [-0.2, 0) is 6.54 Å². The summed E-state index contributed by atoms with van der Waals surface area (Å²) in [4.78, 5) is 18.0. The number of carbonyl (C=O) groups excluding carboxylic acids is 1. The maximum absolute atomic E-state index is 13.3. The number of benzene rings is 1. The van der Waals surface area contributed by atoms with Gasteiger partial charge in [-0.25, -0.2) is 0 Å². The lowest BCUT2D eigenvalue weighted by Crippen LogP contribution is -2.38. The number of hydrogen-bond acceptors (Lipinski definition) is 5. The Bertz CT molecular complexity index is 919. The van der Waals surface area contributed by atoms with E-state index in [2.05, 4.69) is 37.8 Å². The Balaban J connectivity index is 2.06. The molecule has 29 heavy (non-hydrogen) atoms. The van der Waals surface area contributed by atoms with E-state index < -0.39 is 0 Å². The van der Waals surface area contributed by atoms with E-state index in [-0.39, 0.29) is 18.0 Å². The second kappa shape index (κ2) is 9.27. The van der Waals surface area contributed by atoms with Gasteiger partial charge in [-0.2, -0.15) is 0 Å². The van der Waals surface area contributed by atoms with Crippen LogP contribution in [0.5, 0.6) is 0 Å². The molecule has 3 rings (SSSR count). The summed E-state index contributed by atoms with van der Waals surface area (Å²) in [5, 5.41) is 6.34. The van der Waals surface area contributed by atoms with Gasteiger partial charge in [0, 0.05) is 24.7 Å². The summed E-state index contributed by atoms with van der Waals surface area (Å²) in [6.45, 7) is 8.86. The van der Waals surface area contributed by atoms with Gasteiger partial charge in [0.25, 0.3) is 5.91 Å². The zero-order valence-corrected chi connectivity index (χ0v) is 18.6. The summed E-state index contributed by atoms with van der Waals surface area (Å²) >= 11 is 1.48. The Morgan fingerprint density at radius 1 is 1.14 bits per heavy atom. The van der Waals surface area contributed by atoms with Crippen molar-refractivity contribution >= 4 is 23.1 Å². The van der Waals surface area contributed by atoms with Crippen molar-refractivity contribution in [2.24, 2.45) is 0 Å². The van der Waals surface area contributed by atoms with Crippen molar-refractivity contribution in [3.63, 3.8) is 0 Å². The van der Waals surface area contributed by atoms with Crippen molar-refractivity contribution in [3.05, 3.63) is 58.3 Å². The van der Waals surface area contributed by atoms with E-state index in [0.29, 0.717) is 12.4 Å². The summed E-state index contributed by atoms with van der Waals surface area (Å²) in [7, 11) is 2.00. The fraction of sp³-hybridized carbons (Fsp3) is 0.391. The first-order valence-electron chi connectivity index (χ1n) is 10.0. The third-order valence-corrected chi connectivity index (χ3v) is 6.21. The third kappa shape index (κ3) is 4.53. The molecule has 0 saturated carbocycles. The number of amides is 1. The number of rotatable bonds is 8. The van der Waals surface area contributed by atoms with Gasteiger partial charge in [-0.1, -0.05) is 48.5 Å². The summed E-state index contributed by atoms with van der Waals surface area (Å²) in [5.74, 6) is 0.763. The van der Waals surface area contributed by atoms with Crippen molar-refractivity contribution < 1.29 is 9.32 Å². The quantitative estimate of drug-likeness (QED) is 0.478. The Morgan fingerprint density at radius 2 is 1.86 bits per heavy atom. The van der Waals surface area contributed by atoms with Crippen LogP contribution >= 0.6 is 11.3 Å². The van der Waals surface area contributed by atoms with Gasteiger partial charge in [0.2, 0.25) is 5.88 Å². The fourth-order valence-corrected chi connectivity index (χ4v) is 3.82. The molecule has 6 heteroatoms. The molecule has 1 aromatic carbocycles. The zero-order valence-electron chi connectivity index (χ0n) is 17.8. The first kappa shape index (κ1) is 21.1. The number of aromatic nitrogens is 1. The summed E-state index contributed by atoms with van der Waals surface area (Å²) in [6.07, 6.45) is 0.873. The molecule has 2 heterocycles. The Morgan fingerprint density at radius 3 is 2.45 bits per heavy atom. The highest BCUT2D eigenvalue weighted by Crippen LogP contribution is 2.34. The molecule has 0 bridgehead atoms. The molecule has 154 valence electrons. The van der Waals surface area contributed by atoms with Crippen molar-refractivity contribution in [1.29, 1.82) is 0 Å². The number of anilines is 1. The highest BCUT2D eigenvalue weighted by Gasteiger charge is 2.28. The van der Waals surface area contributed by atoms with E-state index in [4.69, 9.17) is 4.52 Å². The molecule has 0 radical (unpaired) electrons. The van der Waals surface area contributed by atoms with Gasteiger partial charge in [0.15, 0.2) is 0 Å². The van der Waals surface area contributed by atoms with E-state index in [9.17, 15) is 4.79 Å². The molecule has 0 aliphatic rings. The SMILES string of the molecule is CC[C@H](C)N(Cc1c(-c2ccccc2)noc1N(C)C(C)C)C(=O)c1cccs1. The van der Waals surface area contributed by atoms with Crippen LogP contribution in [0, 0.1) is 0 Å². The maximum atomic E-state index is 13.3. The minimum absolute atomic E-state index is 0.0488. The molecule has 0 fully saturated rings. The zero-order chi connectivity index (χ0) is 21.0. The Hall–Kier alpha value is -2.60. The van der Waals surface area contributed by atoms with E-state index in [1.807, 2.05) is 59.8 Å². The number of hydrogen-bond donors (Lipinski definition) is 0. The summed E-state index contributed by atoms with van der Waals surface area (Å²) in [6, 6.07) is 14.1. The van der Waals surface area contributed by atoms with Crippen LogP contribution in [0.1, 0.15) is 49.4 Å². The van der Waals surface area contributed by atoms with E-state index >= 15 is 0 Å². The first-order valence-corrected chi connectivity index (χ1v) is 10.9.